The van der Waals surface area contributed by atoms with Crippen LogP contribution in [0.15, 0.2) is 6.20 Å². The normalized spacial score (nSPS) is 10.8. The number of hydrogen-bond acceptors (Lipinski definition) is 3. The van der Waals surface area contributed by atoms with E-state index in [1.165, 1.54) is 0 Å². The van der Waals surface area contributed by atoms with E-state index in [1.807, 2.05) is 0 Å². The Morgan fingerprint density at radius 2 is 2.23 bits per heavy atom. The highest BCUT2D eigenvalue weighted by Gasteiger charge is 2.17. The fourth-order valence-electron chi connectivity index (χ4n) is 0.898. The van der Waals surface area contributed by atoms with Crippen LogP contribution in [0.3, 0.4) is 0 Å². The number of pyridine rings is 1. The lowest BCUT2D eigenvalue weighted by atomic mass is 10.1. The molecular formula is C7H7ClF2N2O. The number of alkyl halides is 3. The maximum atomic E-state index is 12.3. The summed E-state index contributed by atoms with van der Waals surface area (Å²) in [6.07, 6.45) is -1.80. The van der Waals surface area contributed by atoms with Gasteiger partial charge in [0.25, 0.3) is 6.43 Å². The van der Waals surface area contributed by atoms with Crippen LogP contribution in [0, 0.1) is 0 Å². The minimum Gasteiger partial charge on any atom is -0.504 e. The highest BCUT2D eigenvalue weighted by molar-refractivity contribution is 6.17. The van der Waals surface area contributed by atoms with E-state index < -0.39 is 12.2 Å². The van der Waals surface area contributed by atoms with Crippen LogP contribution in [0.2, 0.25) is 0 Å². The molecule has 1 rings (SSSR count). The summed E-state index contributed by atoms with van der Waals surface area (Å²) in [4.78, 5) is 3.40. The minimum absolute atomic E-state index is 0.0656. The first-order valence-corrected chi connectivity index (χ1v) is 3.91. The molecule has 1 aromatic rings. The Labute approximate surface area is 78.1 Å². The van der Waals surface area contributed by atoms with Crippen molar-refractivity contribution in [2.45, 2.75) is 12.3 Å². The van der Waals surface area contributed by atoms with Crippen LogP contribution >= 0.6 is 11.6 Å². The second-order valence-electron chi connectivity index (χ2n) is 2.36. The van der Waals surface area contributed by atoms with Gasteiger partial charge in [-0.05, 0) is 0 Å². The molecule has 0 atom stereocenters. The van der Waals surface area contributed by atoms with Crippen LogP contribution in [0.1, 0.15) is 17.6 Å². The molecule has 0 fully saturated rings. The third-order valence-electron chi connectivity index (χ3n) is 1.59. The van der Waals surface area contributed by atoms with Crippen molar-refractivity contribution < 1.29 is 13.9 Å². The molecule has 1 aromatic heterocycles. The summed E-state index contributed by atoms with van der Waals surface area (Å²) >= 11 is 5.38. The molecule has 3 N–H and O–H groups in total. The zero-order chi connectivity index (χ0) is 10.0. The van der Waals surface area contributed by atoms with Crippen LogP contribution < -0.4 is 5.73 Å². The van der Waals surface area contributed by atoms with E-state index in [2.05, 4.69) is 4.98 Å². The summed E-state index contributed by atoms with van der Waals surface area (Å²) in [6.45, 7) is 0. The lowest BCUT2D eigenvalue weighted by Crippen LogP contribution is -1.99. The number of nitrogens with zero attached hydrogens (tertiary/aromatic N) is 1. The van der Waals surface area contributed by atoms with E-state index in [4.69, 9.17) is 17.3 Å². The average Bonchev–Trinajstić information content (AvgIpc) is 2.09. The summed E-state index contributed by atoms with van der Waals surface area (Å²) in [5.74, 6) is -0.883. The Morgan fingerprint density at radius 3 is 2.69 bits per heavy atom. The van der Waals surface area contributed by atoms with Crippen molar-refractivity contribution in [1.82, 2.24) is 4.98 Å². The molecule has 0 aliphatic carbocycles. The molecule has 0 unspecified atom stereocenters. The number of aromatic nitrogens is 1. The highest BCUT2D eigenvalue weighted by atomic mass is 35.5. The molecule has 0 spiro atoms. The molecule has 1 heterocycles. The maximum absolute atomic E-state index is 12.3. The second-order valence-corrected chi connectivity index (χ2v) is 2.63. The largest absolute Gasteiger partial charge is 0.504 e. The summed E-state index contributed by atoms with van der Waals surface area (Å²) in [5, 5.41) is 9.22. The van der Waals surface area contributed by atoms with Gasteiger partial charge in [0.05, 0.1) is 5.88 Å². The standard InChI is InChI=1S/C7H7ClF2N2O/c8-1-3-4(6(9)10)2-12-7(11)5(3)13/h2,6,13H,1H2,(H2,11,12). The first-order chi connectivity index (χ1) is 6.07. The monoisotopic (exact) mass is 208 g/mol. The first kappa shape index (κ1) is 9.98. The molecule has 0 saturated carbocycles. The van der Waals surface area contributed by atoms with Crippen molar-refractivity contribution in [1.29, 1.82) is 0 Å². The topological polar surface area (TPSA) is 59.1 Å². The Balaban J connectivity index is 3.30. The summed E-state index contributed by atoms with van der Waals surface area (Å²) in [6, 6.07) is 0. The molecule has 0 aliphatic rings. The molecule has 0 radical (unpaired) electrons. The van der Waals surface area contributed by atoms with Crippen molar-refractivity contribution in [3.8, 4) is 5.75 Å². The van der Waals surface area contributed by atoms with Crippen molar-refractivity contribution in [2.24, 2.45) is 0 Å². The number of aromatic hydroxyl groups is 1. The number of rotatable bonds is 2. The van der Waals surface area contributed by atoms with Gasteiger partial charge in [-0.25, -0.2) is 13.8 Å². The van der Waals surface area contributed by atoms with E-state index >= 15 is 0 Å². The fourth-order valence-corrected chi connectivity index (χ4v) is 1.18. The number of halogens is 3. The molecular weight excluding hydrogens is 202 g/mol. The third-order valence-corrected chi connectivity index (χ3v) is 1.86. The van der Waals surface area contributed by atoms with Gasteiger partial charge in [-0.15, -0.1) is 11.6 Å². The van der Waals surface area contributed by atoms with Gasteiger partial charge in [0.15, 0.2) is 11.6 Å². The predicted octanol–water partition coefficient (Wildman–Crippen LogP) is 2.05. The van der Waals surface area contributed by atoms with Gasteiger partial charge in [0, 0.05) is 17.3 Å². The van der Waals surface area contributed by atoms with Crippen molar-refractivity contribution in [3.63, 3.8) is 0 Å². The Kier molecular flexibility index (Phi) is 2.87. The second kappa shape index (κ2) is 3.74. The molecule has 0 bridgehead atoms. The maximum Gasteiger partial charge on any atom is 0.265 e. The van der Waals surface area contributed by atoms with E-state index in [1.54, 1.807) is 0 Å². The highest BCUT2D eigenvalue weighted by Crippen LogP contribution is 2.32. The van der Waals surface area contributed by atoms with Gasteiger partial charge in [-0.3, -0.25) is 0 Å². The Bertz CT molecular complexity index is 320. The molecule has 6 heteroatoms. The molecule has 0 amide bonds. The van der Waals surface area contributed by atoms with Crippen LogP contribution in [-0.2, 0) is 5.88 Å². The quantitative estimate of drug-likeness (QED) is 0.732. The van der Waals surface area contributed by atoms with Gasteiger partial charge in [0.2, 0.25) is 0 Å². The Morgan fingerprint density at radius 1 is 1.62 bits per heavy atom. The van der Waals surface area contributed by atoms with Crippen molar-refractivity contribution in [2.75, 3.05) is 5.73 Å². The minimum atomic E-state index is -2.72. The molecule has 0 aliphatic heterocycles. The molecule has 13 heavy (non-hydrogen) atoms. The van der Waals surface area contributed by atoms with E-state index in [-0.39, 0.29) is 22.8 Å². The van der Waals surface area contributed by atoms with E-state index in [0.717, 1.165) is 6.20 Å². The number of nitrogens with two attached hydrogens (primary N) is 1. The SMILES string of the molecule is Nc1ncc(C(F)F)c(CCl)c1O. The Hall–Kier alpha value is -1.10. The summed E-state index contributed by atoms with van der Waals surface area (Å²) < 4.78 is 24.6. The fraction of sp³-hybridized carbons (Fsp3) is 0.286. The zero-order valence-electron chi connectivity index (χ0n) is 6.47. The van der Waals surface area contributed by atoms with Crippen molar-refractivity contribution >= 4 is 17.4 Å². The van der Waals surface area contributed by atoms with Crippen LogP contribution in [0.25, 0.3) is 0 Å². The smallest absolute Gasteiger partial charge is 0.265 e. The zero-order valence-corrected chi connectivity index (χ0v) is 7.22. The van der Waals surface area contributed by atoms with Gasteiger partial charge in [0.1, 0.15) is 0 Å². The van der Waals surface area contributed by atoms with Crippen LogP contribution in [0.5, 0.6) is 5.75 Å². The lowest BCUT2D eigenvalue weighted by Gasteiger charge is -2.08. The molecule has 72 valence electrons. The molecule has 0 aromatic carbocycles. The molecule has 3 nitrogen and oxygen atoms in total. The molecule has 0 saturated heterocycles. The number of anilines is 1. The average molecular weight is 209 g/mol. The van der Waals surface area contributed by atoms with Gasteiger partial charge >= 0.3 is 0 Å². The number of hydrogen-bond donors (Lipinski definition) is 2. The summed E-state index contributed by atoms with van der Waals surface area (Å²) in [7, 11) is 0. The van der Waals surface area contributed by atoms with Crippen LogP contribution in [0.4, 0.5) is 14.6 Å². The number of nitrogen functional groups attached to an aromatic ring is 1. The first-order valence-electron chi connectivity index (χ1n) is 3.38. The van der Waals surface area contributed by atoms with E-state index in [9.17, 15) is 13.9 Å². The van der Waals surface area contributed by atoms with Gasteiger partial charge in [-0.2, -0.15) is 0 Å². The predicted molar refractivity (Wildman–Crippen MR) is 44.8 cm³/mol. The van der Waals surface area contributed by atoms with E-state index in [0.29, 0.717) is 0 Å². The van der Waals surface area contributed by atoms with Gasteiger partial charge < -0.3 is 10.8 Å². The van der Waals surface area contributed by atoms with Gasteiger partial charge in [-0.1, -0.05) is 0 Å². The lowest BCUT2D eigenvalue weighted by molar-refractivity contribution is 0.149. The third kappa shape index (κ3) is 1.80. The van der Waals surface area contributed by atoms with Crippen LogP contribution in [-0.4, -0.2) is 10.1 Å². The van der Waals surface area contributed by atoms with Crippen molar-refractivity contribution in [3.05, 3.63) is 17.3 Å². The summed E-state index contributed by atoms with van der Waals surface area (Å²) in [5.41, 5.74) is 4.75.